The van der Waals surface area contributed by atoms with E-state index in [1.165, 1.54) is 19.2 Å². The molecule has 0 aliphatic heterocycles. The number of amides is 1. The van der Waals surface area contributed by atoms with Gasteiger partial charge in [-0.3, -0.25) is 4.79 Å². The van der Waals surface area contributed by atoms with Crippen molar-refractivity contribution in [2.45, 2.75) is 56.5 Å². The second-order valence-electron chi connectivity index (χ2n) is 6.10. The van der Waals surface area contributed by atoms with Crippen LogP contribution in [0.1, 0.15) is 49.9 Å². The smallest absolute Gasteiger partial charge is 0.251 e. The van der Waals surface area contributed by atoms with Crippen LogP contribution in [0.2, 0.25) is 0 Å². The van der Waals surface area contributed by atoms with Crippen LogP contribution in [0.25, 0.3) is 0 Å². The summed E-state index contributed by atoms with van der Waals surface area (Å²) < 4.78 is 33.2. The van der Waals surface area contributed by atoms with Crippen molar-refractivity contribution in [3.05, 3.63) is 23.8 Å². The Morgan fingerprint density at radius 2 is 1.91 bits per heavy atom. The lowest BCUT2D eigenvalue weighted by Crippen LogP contribution is -2.33. The van der Waals surface area contributed by atoms with Crippen LogP contribution in [-0.2, 0) is 10.0 Å². The fourth-order valence-corrected chi connectivity index (χ4v) is 4.20. The van der Waals surface area contributed by atoms with Gasteiger partial charge in [0.05, 0.1) is 7.11 Å². The van der Waals surface area contributed by atoms with Crippen molar-refractivity contribution in [3.63, 3.8) is 0 Å². The number of rotatable bonds is 6. The molecular formula is C16H24N2O4S. The van der Waals surface area contributed by atoms with Gasteiger partial charge in [-0.15, -0.1) is 0 Å². The van der Waals surface area contributed by atoms with E-state index < -0.39 is 10.0 Å². The SMILES string of the molecule is COc1ccc(C(=O)NC(C)C)cc1S(=O)(=O)NC1CCCC1. The fraction of sp³-hybridized carbons (Fsp3) is 0.562. The first kappa shape index (κ1) is 17.7. The lowest BCUT2D eigenvalue weighted by Gasteiger charge is -2.16. The molecular weight excluding hydrogens is 316 g/mol. The number of carbonyl (C=O) groups excluding carboxylic acids is 1. The maximum Gasteiger partial charge on any atom is 0.251 e. The maximum atomic E-state index is 12.6. The Bertz CT molecular complexity index is 665. The largest absolute Gasteiger partial charge is 0.495 e. The van der Waals surface area contributed by atoms with Crippen LogP contribution in [0.3, 0.4) is 0 Å². The molecule has 2 N–H and O–H groups in total. The zero-order valence-electron chi connectivity index (χ0n) is 13.8. The first-order valence-electron chi connectivity index (χ1n) is 7.84. The van der Waals surface area contributed by atoms with Gasteiger partial charge in [0.25, 0.3) is 5.91 Å². The molecule has 0 bridgehead atoms. The number of methoxy groups -OCH3 is 1. The zero-order valence-corrected chi connectivity index (χ0v) is 14.6. The summed E-state index contributed by atoms with van der Waals surface area (Å²) in [6.45, 7) is 3.70. The second kappa shape index (κ2) is 7.31. The maximum absolute atomic E-state index is 12.6. The Labute approximate surface area is 137 Å². The molecule has 0 heterocycles. The van der Waals surface area contributed by atoms with Gasteiger partial charge in [-0.1, -0.05) is 12.8 Å². The summed E-state index contributed by atoms with van der Waals surface area (Å²) in [7, 11) is -2.31. The van der Waals surface area contributed by atoms with E-state index >= 15 is 0 Å². The molecule has 1 fully saturated rings. The van der Waals surface area contributed by atoms with Gasteiger partial charge in [-0.05, 0) is 44.9 Å². The third-order valence-corrected chi connectivity index (χ3v) is 5.35. The summed E-state index contributed by atoms with van der Waals surface area (Å²) in [6.07, 6.45) is 3.74. The van der Waals surface area contributed by atoms with Gasteiger partial charge in [-0.2, -0.15) is 0 Å². The number of sulfonamides is 1. The summed E-state index contributed by atoms with van der Waals surface area (Å²) >= 11 is 0. The Morgan fingerprint density at radius 1 is 1.26 bits per heavy atom. The predicted molar refractivity (Wildman–Crippen MR) is 88.2 cm³/mol. The van der Waals surface area contributed by atoms with Crippen molar-refractivity contribution in [2.24, 2.45) is 0 Å². The number of nitrogens with one attached hydrogen (secondary N) is 2. The molecule has 0 radical (unpaired) electrons. The third-order valence-electron chi connectivity index (χ3n) is 3.81. The van der Waals surface area contributed by atoms with Gasteiger partial charge >= 0.3 is 0 Å². The monoisotopic (exact) mass is 340 g/mol. The van der Waals surface area contributed by atoms with Crippen molar-refractivity contribution < 1.29 is 17.9 Å². The standard InChI is InChI=1S/C16H24N2O4S/c1-11(2)17-16(19)12-8-9-14(22-3)15(10-12)23(20,21)18-13-6-4-5-7-13/h8-11,13,18H,4-7H2,1-3H3,(H,17,19). The number of ether oxygens (including phenoxy) is 1. The highest BCUT2D eigenvalue weighted by atomic mass is 32.2. The summed E-state index contributed by atoms with van der Waals surface area (Å²) in [5, 5.41) is 2.75. The summed E-state index contributed by atoms with van der Waals surface area (Å²) in [6, 6.07) is 4.37. The van der Waals surface area contributed by atoms with E-state index in [9.17, 15) is 13.2 Å². The van der Waals surface area contributed by atoms with Crippen molar-refractivity contribution in [2.75, 3.05) is 7.11 Å². The third kappa shape index (κ3) is 4.45. The molecule has 0 saturated heterocycles. The highest BCUT2D eigenvalue weighted by molar-refractivity contribution is 7.89. The number of benzene rings is 1. The molecule has 1 aliphatic rings. The molecule has 1 amide bonds. The zero-order chi connectivity index (χ0) is 17.0. The van der Waals surface area contributed by atoms with Crippen LogP contribution in [0.15, 0.2) is 23.1 Å². The van der Waals surface area contributed by atoms with Crippen molar-refractivity contribution >= 4 is 15.9 Å². The van der Waals surface area contributed by atoms with Crippen molar-refractivity contribution in [3.8, 4) is 5.75 Å². The van der Waals surface area contributed by atoms with Crippen LogP contribution >= 0.6 is 0 Å². The second-order valence-corrected chi connectivity index (χ2v) is 7.78. The minimum Gasteiger partial charge on any atom is -0.495 e. The Kier molecular flexibility index (Phi) is 5.64. The highest BCUT2D eigenvalue weighted by Crippen LogP contribution is 2.27. The Hall–Kier alpha value is -1.60. The van der Waals surface area contributed by atoms with Crippen LogP contribution in [-0.4, -0.2) is 33.5 Å². The molecule has 7 heteroatoms. The summed E-state index contributed by atoms with van der Waals surface area (Å²) in [5.41, 5.74) is 0.297. The first-order valence-corrected chi connectivity index (χ1v) is 9.33. The van der Waals surface area contributed by atoms with E-state index in [1.54, 1.807) is 6.07 Å². The molecule has 1 aromatic rings. The molecule has 128 valence electrons. The lowest BCUT2D eigenvalue weighted by molar-refractivity contribution is 0.0943. The molecule has 23 heavy (non-hydrogen) atoms. The minimum absolute atomic E-state index is 0.00306. The topological polar surface area (TPSA) is 84.5 Å². The normalized spacial score (nSPS) is 15.8. The Morgan fingerprint density at radius 3 is 2.48 bits per heavy atom. The lowest BCUT2D eigenvalue weighted by atomic mass is 10.2. The average molecular weight is 340 g/mol. The van der Waals surface area contributed by atoms with Crippen LogP contribution < -0.4 is 14.8 Å². The number of carbonyl (C=O) groups is 1. The Balaban J connectivity index is 2.32. The van der Waals surface area contributed by atoms with Crippen molar-refractivity contribution in [1.82, 2.24) is 10.0 Å². The van der Waals surface area contributed by atoms with Crippen molar-refractivity contribution in [1.29, 1.82) is 0 Å². The first-order chi connectivity index (χ1) is 10.8. The van der Waals surface area contributed by atoms with Crippen LogP contribution in [0.4, 0.5) is 0 Å². The van der Waals surface area contributed by atoms with Gasteiger partial charge < -0.3 is 10.1 Å². The van der Waals surface area contributed by atoms with E-state index in [0.29, 0.717) is 5.56 Å². The molecule has 1 aromatic carbocycles. The highest BCUT2D eigenvalue weighted by Gasteiger charge is 2.26. The predicted octanol–water partition coefficient (Wildman–Crippen LogP) is 2.05. The number of hydrogen-bond acceptors (Lipinski definition) is 4. The molecule has 2 rings (SSSR count). The van der Waals surface area contributed by atoms with Gasteiger partial charge in [0.15, 0.2) is 0 Å². The van der Waals surface area contributed by atoms with Crippen LogP contribution in [0, 0.1) is 0 Å². The molecule has 1 aliphatic carbocycles. The summed E-state index contributed by atoms with van der Waals surface area (Å²) in [5.74, 6) is -0.0726. The van der Waals surface area contributed by atoms with Gasteiger partial charge in [-0.25, -0.2) is 13.1 Å². The molecule has 0 spiro atoms. The van der Waals surface area contributed by atoms with E-state index in [-0.39, 0.29) is 28.6 Å². The quantitative estimate of drug-likeness (QED) is 0.830. The van der Waals surface area contributed by atoms with Crippen LogP contribution in [0.5, 0.6) is 5.75 Å². The van der Waals surface area contributed by atoms with E-state index in [2.05, 4.69) is 10.0 Å². The molecule has 0 aromatic heterocycles. The average Bonchev–Trinajstić information content (AvgIpc) is 2.98. The van der Waals surface area contributed by atoms with Gasteiger partial charge in [0.1, 0.15) is 10.6 Å². The van der Waals surface area contributed by atoms with E-state index in [1.807, 2.05) is 13.8 Å². The molecule has 0 atom stereocenters. The van der Waals surface area contributed by atoms with Gasteiger partial charge in [0.2, 0.25) is 10.0 Å². The molecule has 6 nitrogen and oxygen atoms in total. The molecule has 1 saturated carbocycles. The number of hydrogen-bond donors (Lipinski definition) is 2. The van der Waals surface area contributed by atoms with E-state index in [0.717, 1.165) is 25.7 Å². The molecule has 0 unspecified atom stereocenters. The van der Waals surface area contributed by atoms with Gasteiger partial charge in [0, 0.05) is 17.6 Å². The summed E-state index contributed by atoms with van der Waals surface area (Å²) in [4.78, 5) is 12.1. The minimum atomic E-state index is -3.73. The fourth-order valence-electron chi connectivity index (χ4n) is 2.70. The van der Waals surface area contributed by atoms with E-state index in [4.69, 9.17) is 4.74 Å².